The molecule has 0 amide bonds. The molecule has 90 valence electrons. The molecule has 0 bridgehead atoms. The first-order chi connectivity index (χ1) is 8.25. The molecule has 0 aliphatic heterocycles. The largest absolute Gasteiger partial charge is 0.476 e. The fraction of sp³-hybridized carbons (Fsp3) is 0.417. The van der Waals surface area contributed by atoms with Gasteiger partial charge in [0, 0.05) is 6.54 Å². The van der Waals surface area contributed by atoms with E-state index in [1.807, 2.05) is 0 Å². The fourth-order valence-electron chi connectivity index (χ4n) is 1.83. The van der Waals surface area contributed by atoms with Crippen LogP contribution in [0.3, 0.4) is 0 Å². The van der Waals surface area contributed by atoms with Crippen molar-refractivity contribution in [1.29, 1.82) is 0 Å². The van der Waals surface area contributed by atoms with Crippen LogP contribution in [-0.4, -0.2) is 27.8 Å². The summed E-state index contributed by atoms with van der Waals surface area (Å²) >= 11 is 0. The lowest BCUT2D eigenvalue weighted by molar-refractivity contribution is 0.0689. The number of rotatable bonds is 4. The molecule has 1 aromatic rings. The van der Waals surface area contributed by atoms with Gasteiger partial charge in [0.15, 0.2) is 5.69 Å². The molecule has 0 radical (unpaired) electrons. The van der Waals surface area contributed by atoms with E-state index < -0.39 is 5.97 Å². The maximum absolute atomic E-state index is 10.6. The lowest BCUT2D eigenvalue weighted by atomic mass is 9.94. The predicted molar refractivity (Wildman–Crippen MR) is 64.0 cm³/mol. The molecule has 0 saturated heterocycles. The smallest absolute Gasteiger partial charge is 0.356 e. The highest BCUT2D eigenvalue weighted by Gasteiger charge is 2.10. The third kappa shape index (κ3) is 3.27. The van der Waals surface area contributed by atoms with Gasteiger partial charge in [0.1, 0.15) is 5.82 Å². The Morgan fingerprint density at radius 3 is 2.88 bits per heavy atom. The molecule has 1 aromatic heterocycles. The van der Waals surface area contributed by atoms with Crippen LogP contribution in [0.25, 0.3) is 0 Å². The second kappa shape index (κ2) is 5.43. The van der Waals surface area contributed by atoms with Crippen LogP contribution in [0.1, 0.15) is 29.8 Å². The first-order valence-corrected chi connectivity index (χ1v) is 5.71. The van der Waals surface area contributed by atoms with Gasteiger partial charge in [-0.1, -0.05) is 12.2 Å². The van der Waals surface area contributed by atoms with Crippen LogP contribution in [0.15, 0.2) is 24.3 Å². The van der Waals surface area contributed by atoms with E-state index in [0.717, 1.165) is 19.4 Å². The number of carboxylic acids is 1. The molecule has 1 aliphatic rings. The summed E-state index contributed by atoms with van der Waals surface area (Å²) in [5, 5.41) is 19.3. The van der Waals surface area contributed by atoms with Crippen molar-refractivity contribution in [2.75, 3.05) is 11.9 Å². The van der Waals surface area contributed by atoms with Crippen molar-refractivity contribution in [3.63, 3.8) is 0 Å². The highest BCUT2D eigenvalue weighted by Crippen LogP contribution is 2.18. The van der Waals surface area contributed by atoms with Gasteiger partial charge in [-0.15, -0.1) is 10.2 Å². The highest BCUT2D eigenvalue weighted by atomic mass is 16.4. The number of allylic oxidation sites excluding steroid dienone is 2. The van der Waals surface area contributed by atoms with Crippen molar-refractivity contribution in [3.05, 3.63) is 30.0 Å². The van der Waals surface area contributed by atoms with Crippen LogP contribution in [0.5, 0.6) is 0 Å². The Hall–Kier alpha value is -1.91. The maximum Gasteiger partial charge on any atom is 0.356 e. The summed E-state index contributed by atoms with van der Waals surface area (Å²) in [6.07, 6.45) is 7.82. The number of nitrogens with zero attached hydrogens (tertiary/aromatic N) is 2. The van der Waals surface area contributed by atoms with Crippen molar-refractivity contribution in [1.82, 2.24) is 10.2 Å². The van der Waals surface area contributed by atoms with Gasteiger partial charge in [0.05, 0.1) is 0 Å². The number of carboxylic acid groups (broad SMARTS) is 1. The monoisotopic (exact) mass is 233 g/mol. The summed E-state index contributed by atoms with van der Waals surface area (Å²) < 4.78 is 0. The topological polar surface area (TPSA) is 75.1 Å². The minimum Gasteiger partial charge on any atom is -0.476 e. The first kappa shape index (κ1) is 11.6. The zero-order valence-electron chi connectivity index (χ0n) is 9.47. The van der Waals surface area contributed by atoms with Crippen molar-refractivity contribution < 1.29 is 9.90 Å². The molecule has 1 unspecified atom stereocenters. The highest BCUT2D eigenvalue weighted by molar-refractivity contribution is 5.85. The molecule has 2 N–H and O–H groups in total. The van der Waals surface area contributed by atoms with Gasteiger partial charge in [-0.2, -0.15) is 0 Å². The Bertz CT molecular complexity index is 414. The van der Waals surface area contributed by atoms with Crippen LogP contribution in [0, 0.1) is 5.92 Å². The summed E-state index contributed by atoms with van der Waals surface area (Å²) in [7, 11) is 0. The molecular weight excluding hydrogens is 218 g/mol. The Morgan fingerprint density at radius 2 is 2.29 bits per heavy atom. The van der Waals surface area contributed by atoms with Crippen LogP contribution >= 0.6 is 0 Å². The average Bonchev–Trinajstić information content (AvgIpc) is 2.38. The van der Waals surface area contributed by atoms with E-state index in [0.29, 0.717) is 11.7 Å². The summed E-state index contributed by atoms with van der Waals surface area (Å²) in [5.74, 6) is 0.201. The normalized spacial score (nSPS) is 18.9. The molecular formula is C12H15N3O2. The minimum absolute atomic E-state index is 0.0313. The molecule has 5 nitrogen and oxygen atoms in total. The Morgan fingerprint density at radius 1 is 1.41 bits per heavy atom. The molecule has 1 atom stereocenters. The van der Waals surface area contributed by atoms with E-state index in [1.54, 1.807) is 6.07 Å². The van der Waals surface area contributed by atoms with Crippen molar-refractivity contribution in [2.45, 2.75) is 19.3 Å². The number of anilines is 1. The third-order valence-corrected chi connectivity index (χ3v) is 2.83. The number of carbonyl (C=O) groups is 1. The van der Waals surface area contributed by atoms with Crippen molar-refractivity contribution in [2.24, 2.45) is 5.92 Å². The zero-order valence-corrected chi connectivity index (χ0v) is 9.47. The first-order valence-electron chi connectivity index (χ1n) is 5.71. The molecule has 0 saturated carbocycles. The van der Waals surface area contributed by atoms with Crippen molar-refractivity contribution >= 4 is 11.8 Å². The number of hydrogen-bond donors (Lipinski definition) is 2. The lowest BCUT2D eigenvalue weighted by Gasteiger charge is -2.18. The van der Waals surface area contributed by atoms with E-state index >= 15 is 0 Å². The molecule has 0 fully saturated rings. The van der Waals surface area contributed by atoms with E-state index in [4.69, 9.17) is 5.11 Å². The van der Waals surface area contributed by atoms with Gasteiger partial charge in [0.2, 0.25) is 0 Å². The molecule has 0 spiro atoms. The average molecular weight is 233 g/mol. The third-order valence-electron chi connectivity index (χ3n) is 2.83. The molecule has 5 heteroatoms. The number of aromatic carboxylic acids is 1. The minimum atomic E-state index is -1.05. The Kier molecular flexibility index (Phi) is 3.69. The van der Waals surface area contributed by atoms with E-state index in [9.17, 15) is 4.79 Å². The number of nitrogens with one attached hydrogen (secondary N) is 1. The molecule has 0 aromatic carbocycles. The number of aromatic nitrogens is 2. The molecule has 17 heavy (non-hydrogen) atoms. The van der Waals surface area contributed by atoms with E-state index in [-0.39, 0.29) is 5.69 Å². The Balaban J connectivity index is 1.86. The van der Waals surface area contributed by atoms with Gasteiger partial charge >= 0.3 is 5.97 Å². The fourth-order valence-corrected chi connectivity index (χ4v) is 1.83. The second-order valence-electron chi connectivity index (χ2n) is 4.14. The molecule has 1 aliphatic carbocycles. The number of hydrogen-bond acceptors (Lipinski definition) is 4. The van der Waals surface area contributed by atoms with Gasteiger partial charge in [-0.05, 0) is 37.3 Å². The van der Waals surface area contributed by atoms with E-state index in [2.05, 4.69) is 27.7 Å². The zero-order chi connectivity index (χ0) is 12.1. The van der Waals surface area contributed by atoms with Gasteiger partial charge < -0.3 is 10.4 Å². The standard InChI is InChI=1S/C12H15N3O2/c16-12(17)10-6-7-11(15-14-10)13-8-9-4-2-1-3-5-9/h1-2,6-7,9H,3-5,8H2,(H,13,15)(H,16,17). The lowest BCUT2D eigenvalue weighted by Crippen LogP contribution is -2.16. The van der Waals surface area contributed by atoms with Crippen LogP contribution in [-0.2, 0) is 0 Å². The van der Waals surface area contributed by atoms with Gasteiger partial charge in [-0.3, -0.25) is 0 Å². The van der Waals surface area contributed by atoms with Gasteiger partial charge in [0.25, 0.3) is 0 Å². The quantitative estimate of drug-likeness (QED) is 0.777. The molecule has 2 rings (SSSR count). The summed E-state index contributed by atoms with van der Waals surface area (Å²) in [4.78, 5) is 10.6. The van der Waals surface area contributed by atoms with Crippen LogP contribution in [0.4, 0.5) is 5.82 Å². The maximum atomic E-state index is 10.6. The molecule has 1 heterocycles. The summed E-state index contributed by atoms with van der Waals surface area (Å²) in [6, 6.07) is 3.10. The summed E-state index contributed by atoms with van der Waals surface area (Å²) in [5.41, 5.74) is -0.0313. The van der Waals surface area contributed by atoms with Gasteiger partial charge in [-0.25, -0.2) is 4.79 Å². The Labute approximate surface area is 99.6 Å². The van der Waals surface area contributed by atoms with E-state index in [1.165, 1.54) is 12.5 Å². The predicted octanol–water partition coefficient (Wildman–Crippen LogP) is 1.94. The SMILES string of the molecule is O=C(O)c1ccc(NCC2CC=CCC2)nn1. The van der Waals surface area contributed by atoms with Crippen LogP contribution in [0.2, 0.25) is 0 Å². The van der Waals surface area contributed by atoms with Crippen molar-refractivity contribution in [3.8, 4) is 0 Å². The second-order valence-corrected chi connectivity index (χ2v) is 4.14. The summed E-state index contributed by atoms with van der Waals surface area (Å²) in [6.45, 7) is 0.853. The van der Waals surface area contributed by atoms with Crippen LogP contribution < -0.4 is 5.32 Å².